The fourth-order valence-electron chi connectivity index (χ4n) is 1.21. The molecule has 0 bridgehead atoms. The third kappa shape index (κ3) is 3.05. The molecular weight excluding hydrogens is 206 g/mol. The van der Waals surface area contributed by atoms with Crippen molar-refractivity contribution in [3.05, 3.63) is 29.6 Å². The third-order valence-electron chi connectivity index (χ3n) is 1.93. The minimum Gasteiger partial charge on any atom is -0.352 e. The van der Waals surface area contributed by atoms with Crippen molar-refractivity contribution in [3.63, 3.8) is 0 Å². The first-order valence-corrected chi connectivity index (χ1v) is 5.21. The largest absolute Gasteiger partial charge is 0.352 e. The average Bonchev–Trinajstić information content (AvgIpc) is 2.30. The number of hydrogen-bond acceptors (Lipinski definition) is 3. The van der Waals surface area contributed by atoms with Gasteiger partial charge in [-0.15, -0.1) is 0 Å². The van der Waals surface area contributed by atoms with Gasteiger partial charge >= 0.3 is 0 Å². The Morgan fingerprint density at radius 3 is 2.44 bits per heavy atom. The van der Waals surface area contributed by atoms with Gasteiger partial charge in [0.2, 0.25) is 0 Å². The Morgan fingerprint density at radius 1 is 1.19 bits per heavy atom. The molecule has 0 saturated carbocycles. The molecule has 1 aromatic rings. The molecule has 0 unspecified atom stereocenters. The predicted molar refractivity (Wildman–Crippen MR) is 60.3 cm³/mol. The van der Waals surface area contributed by atoms with Crippen molar-refractivity contribution in [2.45, 2.75) is 13.8 Å². The van der Waals surface area contributed by atoms with E-state index in [1.54, 1.807) is 6.07 Å². The average molecular weight is 221 g/mol. The Hall–Kier alpha value is -1.91. The molecule has 5 nitrogen and oxygen atoms in total. The summed E-state index contributed by atoms with van der Waals surface area (Å²) < 4.78 is 0. The van der Waals surface area contributed by atoms with Crippen LogP contribution in [0.3, 0.4) is 0 Å². The Labute approximate surface area is 94.3 Å². The second-order valence-corrected chi connectivity index (χ2v) is 3.15. The summed E-state index contributed by atoms with van der Waals surface area (Å²) in [6, 6.07) is 3.06. The minimum atomic E-state index is -0.270. The van der Waals surface area contributed by atoms with Crippen LogP contribution < -0.4 is 10.6 Å². The van der Waals surface area contributed by atoms with Crippen LogP contribution in [-0.4, -0.2) is 29.9 Å². The summed E-state index contributed by atoms with van der Waals surface area (Å²) in [5, 5.41) is 5.29. The Balaban J connectivity index is 2.86. The van der Waals surface area contributed by atoms with Crippen LogP contribution in [-0.2, 0) is 0 Å². The second-order valence-electron chi connectivity index (χ2n) is 3.15. The summed E-state index contributed by atoms with van der Waals surface area (Å²) in [5.41, 5.74) is 0.698. The van der Waals surface area contributed by atoms with E-state index in [1.807, 2.05) is 13.8 Å². The molecule has 0 saturated heterocycles. The van der Waals surface area contributed by atoms with Gasteiger partial charge < -0.3 is 10.6 Å². The van der Waals surface area contributed by atoms with Crippen molar-refractivity contribution in [1.29, 1.82) is 0 Å². The summed E-state index contributed by atoms with van der Waals surface area (Å²) in [4.78, 5) is 26.9. The molecule has 0 fully saturated rings. The summed E-state index contributed by atoms with van der Waals surface area (Å²) in [6.07, 6.45) is 1.45. The minimum absolute atomic E-state index is 0.199. The van der Waals surface area contributed by atoms with Crippen LogP contribution in [0, 0.1) is 0 Å². The fraction of sp³-hybridized carbons (Fsp3) is 0.364. The summed E-state index contributed by atoms with van der Waals surface area (Å²) >= 11 is 0. The topological polar surface area (TPSA) is 71.1 Å². The van der Waals surface area contributed by atoms with E-state index in [4.69, 9.17) is 0 Å². The maximum absolute atomic E-state index is 11.5. The molecule has 0 aromatic carbocycles. The molecular formula is C11H15N3O2. The molecule has 1 rings (SSSR count). The number of nitrogens with zero attached hydrogens (tertiary/aromatic N) is 1. The van der Waals surface area contributed by atoms with Crippen LogP contribution in [0.2, 0.25) is 0 Å². The molecule has 0 aliphatic rings. The van der Waals surface area contributed by atoms with E-state index < -0.39 is 0 Å². The smallest absolute Gasteiger partial charge is 0.269 e. The zero-order chi connectivity index (χ0) is 12.0. The lowest BCUT2D eigenvalue weighted by atomic mass is 10.2. The van der Waals surface area contributed by atoms with E-state index in [0.717, 1.165) is 0 Å². The van der Waals surface area contributed by atoms with Gasteiger partial charge in [-0.1, -0.05) is 0 Å². The fourth-order valence-corrected chi connectivity index (χ4v) is 1.21. The van der Waals surface area contributed by atoms with Crippen molar-refractivity contribution >= 4 is 11.8 Å². The van der Waals surface area contributed by atoms with Crippen molar-refractivity contribution < 1.29 is 9.59 Å². The molecule has 0 spiro atoms. The van der Waals surface area contributed by atoms with E-state index in [2.05, 4.69) is 15.6 Å². The maximum atomic E-state index is 11.5. The van der Waals surface area contributed by atoms with E-state index in [0.29, 0.717) is 18.7 Å². The number of carbonyl (C=O) groups excluding carboxylic acids is 2. The molecule has 2 amide bonds. The molecule has 16 heavy (non-hydrogen) atoms. The number of rotatable bonds is 4. The number of nitrogens with one attached hydrogen (secondary N) is 2. The highest BCUT2D eigenvalue weighted by Crippen LogP contribution is 2.01. The van der Waals surface area contributed by atoms with Gasteiger partial charge in [0, 0.05) is 24.8 Å². The number of aromatic nitrogens is 1. The first-order chi connectivity index (χ1) is 7.69. The standard InChI is InChI=1S/C11H15N3O2/c1-3-12-10(15)8-5-6-14-9(7-8)11(16)13-4-2/h5-7H,3-4H2,1-2H3,(H,12,15)(H,13,16). The van der Waals surface area contributed by atoms with Gasteiger partial charge in [-0.2, -0.15) is 0 Å². The van der Waals surface area contributed by atoms with Crippen molar-refractivity contribution in [2.75, 3.05) is 13.1 Å². The zero-order valence-electron chi connectivity index (χ0n) is 9.41. The molecule has 5 heteroatoms. The van der Waals surface area contributed by atoms with E-state index >= 15 is 0 Å². The van der Waals surface area contributed by atoms with E-state index in [-0.39, 0.29) is 17.5 Å². The molecule has 1 aromatic heterocycles. The van der Waals surface area contributed by atoms with Crippen molar-refractivity contribution in [1.82, 2.24) is 15.6 Å². The number of carbonyl (C=O) groups is 2. The quantitative estimate of drug-likeness (QED) is 0.781. The lowest BCUT2D eigenvalue weighted by Gasteiger charge is -2.04. The maximum Gasteiger partial charge on any atom is 0.269 e. The van der Waals surface area contributed by atoms with E-state index in [9.17, 15) is 9.59 Å². The SMILES string of the molecule is CCNC(=O)c1ccnc(C(=O)NCC)c1. The molecule has 0 atom stereocenters. The first kappa shape index (κ1) is 12.2. The molecule has 86 valence electrons. The van der Waals surface area contributed by atoms with Gasteiger partial charge in [0.05, 0.1) is 0 Å². The number of pyridine rings is 1. The summed E-state index contributed by atoms with van der Waals surface area (Å²) in [7, 11) is 0. The van der Waals surface area contributed by atoms with Gasteiger partial charge in [-0.3, -0.25) is 14.6 Å². The first-order valence-electron chi connectivity index (χ1n) is 5.21. The predicted octanol–water partition coefficient (Wildman–Crippen LogP) is 0.581. The highest BCUT2D eigenvalue weighted by atomic mass is 16.2. The molecule has 2 N–H and O–H groups in total. The Kier molecular flexibility index (Phi) is 4.44. The highest BCUT2D eigenvalue weighted by molar-refractivity contribution is 5.98. The van der Waals surface area contributed by atoms with Crippen LogP contribution in [0.15, 0.2) is 18.3 Å². The van der Waals surface area contributed by atoms with Gasteiger partial charge in [-0.25, -0.2) is 0 Å². The molecule has 0 aliphatic heterocycles. The monoisotopic (exact) mass is 221 g/mol. The van der Waals surface area contributed by atoms with Gasteiger partial charge in [0.15, 0.2) is 0 Å². The van der Waals surface area contributed by atoms with Crippen LogP contribution in [0.4, 0.5) is 0 Å². The summed E-state index contributed by atoms with van der Waals surface area (Å²) in [5.74, 6) is -0.468. The molecule has 0 radical (unpaired) electrons. The van der Waals surface area contributed by atoms with Crippen molar-refractivity contribution in [2.24, 2.45) is 0 Å². The Morgan fingerprint density at radius 2 is 1.81 bits per heavy atom. The zero-order valence-corrected chi connectivity index (χ0v) is 9.41. The van der Waals surface area contributed by atoms with Crippen LogP contribution >= 0.6 is 0 Å². The lowest BCUT2D eigenvalue weighted by molar-refractivity contribution is 0.0951. The number of amides is 2. The molecule has 0 aliphatic carbocycles. The Bertz CT molecular complexity index is 357. The molecule has 1 heterocycles. The van der Waals surface area contributed by atoms with Crippen LogP contribution in [0.1, 0.15) is 34.7 Å². The third-order valence-corrected chi connectivity index (χ3v) is 1.93. The van der Waals surface area contributed by atoms with Gasteiger partial charge in [0.25, 0.3) is 11.8 Å². The van der Waals surface area contributed by atoms with Gasteiger partial charge in [-0.05, 0) is 26.0 Å². The summed E-state index contributed by atoms with van der Waals surface area (Å²) in [6.45, 7) is 4.75. The van der Waals surface area contributed by atoms with Gasteiger partial charge in [0.1, 0.15) is 5.69 Å². The highest BCUT2D eigenvalue weighted by Gasteiger charge is 2.10. The normalized spacial score (nSPS) is 9.62. The van der Waals surface area contributed by atoms with Crippen molar-refractivity contribution in [3.8, 4) is 0 Å². The van der Waals surface area contributed by atoms with E-state index in [1.165, 1.54) is 12.3 Å². The lowest BCUT2D eigenvalue weighted by Crippen LogP contribution is -2.26. The number of hydrogen-bond donors (Lipinski definition) is 2. The second kappa shape index (κ2) is 5.85. The van der Waals surface area contributed by atoms with Crippen LogP contribution in [0.25, 0.3) is 0 Å². The van der Waals surface area contributed by atoms with Crippen LogP contribution in [0.5, 0.6) is 0 Å².